The summed E-state index contributed by atoms with van der Waals surface area (Å²) in [7, 11) is 0. The number of rotatable bonds is 4. The fraction of sp³-hybridized carbons (Fsp3) is 0.619. The maximum absolute atomic E-state index is 13.2. The number of hydrogen-bond donors (Lipinski definition) is 0. The Morgan fingerprint density at radius 3 is 2.38 bits per heavy atom. The lowest BCUT2D eigenvalue weighted by Gasteiger charge is -2.39. The molecule has 2 saturated heterocycles. The molecule has 2 aliphatic heterocycles. The van der Waals surface area contributed by atoms with Crippen molar-refractivity contribution in [1.82, 2.24) is 14.7 Å². The summed E-state index contributed by atoms with van der Waals surface area (Å²) in [6.45, 7) is 4.79. The monoisotopic (exact) mass is 411 g/mol. The SMILES string of the molecule is CCC1CCCCN1C(=O)CN1CCN(C(=O)c2ccccc2C(F)(F)F)CC1. The van der Waals surface area contributed by atoms with Gasteiger partial charge in [-0.15, -0.1) is 0 Å². The standard InChI is InChI=1S/C21H28F3N3O2/c1-2-16-7-5-6-10-27(16)19(28)15-25-11-13-26(14-12-25)20(29)17-8-3-4-9-18(17)21(22,23)24/h3-4,8-9,16H,2,5-7,10-15H2,1H3. The summed E-state index contributed by atoms with van der Waals surface area (Å²) in [6, 6.07) is 5.19. The third kappa shape index (κ3) is 5.10. The number of hydrogen-bond acceptors (Lipinski definition) is 3. The number of halogens is 3. The molecular weight excluding hydrogens is 383 g/mol. The molecule has 1 atom stereocenters. The molecule has 0 radical (unpaired) electrons. The molecule has 29 heavy (non-hydrogen) atoms. The van der Waals surface area contributed by atoms with Crippen molar-refractivity contribution in [2.45, 2.75) is 44.8 Å². The van der Waals surface area contributed by atoms with Gasteiger partial charge in [0.05, 0.1) is 17.7 Å². The maximum atomic E-state index is 13.2. The molecule has 0 N–H and O–H groups in total. The molecule has 160 valence electrons. The average Bonchev–Trinajstić information content (AvgIpc) is 2.73. The van der Waals surface area contributed by atoms with Crippen LogP contribution in [0.15, 0.2) is 24.3 Å². The van der Waals surface area contributed by atoms with Gasteiger partial charge in [-0.3, -0.25) is 14.5 Å². The molecule has 8 heteroatoms. The molecule has 1 aromatic carbocycles. The minimum absolute atomic E-state index is 0.110. The van der Waals surface area contributed by atoms with Crippen LogP contribution in [0.4, 0.5) is 13.2 Å². The largest absolute Gasteiger partial charge is 0.417 e. The number of piperazine rings is 1. The lowest BCUT2D eigenvalue weighted by atomic mass is 10.00. The third-order valence-corrected chi connectivity index (χ3v) is 5.90. The first kappa shape index (κ1) is 21.6. The maximum Gasteiger partial charge on any atom is 0.417 e. The number of amides is 2. The number of piperidine rings is 1. The lowest BCUT2D eigenvalue weighted by Crippen LogP contribution is -2.53. The Balaban J connectivity index is 1.57. The number of alkyl halides is 3. The molecule has 3 rings (SSSR count). The van der Waals surface area contributed by atoms with Crippen LogP contribution in [0, 0.1) is 0 Å². The molecule has 0 spiro atoms. The van der Waals surface area contributed by atoms with Gasteiger partial charge in [0.1, 0.15) is 0 Å². The Kier molecular flexibility index (Phi) is 6.82. The molecule has 5 nitrogen and oxygen atoms in total. The van der Waals surface area contributed by atoms with Gasteiger partial charge in [0.25, 0.3) is 5.91 Å². The van der Waals surface area contributed by atoms with Crippen LogP contribution in [-0.2, 0) is 11.0 Å². The summed E-state index contributed by atoms with van der Waals surface area (Å²) in [6.07, 6.45) is -0.383. The van der Waals surface area contributed by atoms with Crippen LogP contribution in [0.1, 0.15) is 48.5 Å². The number of nitrogens with zero attached hydrogens (tertiary/aromatic N) is 3. The van der Waals surface area contributed by atoms with Crippen LogP contribution in [0.5, 0.6) is 0 Å². The molecule has 1 unspecified atom stereocenters. The molecule has 0 aliphatic carbocycles. The minimum atomic E-state index is -4.56. The molecule has 2 fully saturated rings. The molecular formula is C21H28F3N3O2. The highest BCUT2D eigenvalue weighted by Gasteiger charge is 2.36. The molecule has 0 saturated carbocycles. The summed E-state index contributed by atoms with van der Waals surface area (Å²) >= 11 is 0. The van der Waals surface area contributed by atoms with E-state index in [2.05, 4.69) is 6.92 Å². The minimum Gasteiger partial charge on any atom is -0.339 e. The lowest BCUT2D eigenvalue weighted by molar-refractivity contribution is -0.138. The number of benzene rings is 1. The van der Waals surface area contributed by atoms with Gasteiger partial charge in [-0.05, 0) is 37.8 Å². The highest BCUT2D eigenvalue weighted by molar-refractivity contribution is 5.96. The fourth-order valence-electron chi connectivity index (χ4n) is 4.23. The van der Waals surface area contributed by atoms with E-state index in [1.54, 1.807) is 0 Å². The Morgan fingerprint density at radius 2 is 1.72 bits per heavy atom. The van der Waals surface area contributed by atoms with Crippen molar-refractivity contribution in [3.8, 4) is 0 Å². The molecule has 2 amide bonds. The third-order valence-electron chi connectivity index (χ3n) is 5.90. The van der Waals surface area contributed by atoms with E-state index in [0.717, 1.165) is 38.3 Å². The Bertz CT molecular complexity index is 730. The van der Waals surface area contributed by atoms with Crippen molar-refractivity contribution in [2.24, 2.45) is 0 Å². The van der Waals surface area contributed by atoms with Crippen LogP contribution >= 0.6 is 0 Å². The van der Waals surface area contributed by atoms with Crippen molar-refractivity contribution in [3.05, 3.63) is 35.4 Å². The van der Waals surface area contributed by atoms with E-state index in [1.165, 1.54) is 23.1 Å². The van der Waals surface area contributed by atoms with Crippen molar-refractivity contribution >= 4 is 11.8 Å². The fourth-order valence-corrected chi connectivity index (χ4v) is 4.23. The second kappa shape index (κ2) is 9.15. The Labute approximate surface area is 169 Å². The molecule has 1 aromatic rings. The predicted octanol–water partition coefficient (Wildman–Crippen LogP) is 3.25. The first-order chi connectivity index (χ1) is 13.8. The quantitative estimate of drug-likeness (QED) is 0.764. The van der Waals surface area contributed by atoms with Crippen LogP contribution in [0.3, 0.4) is 0 Å². The van der Waals surface area contributed by atoms with E-state index in [-0.39, 0.29) is 11.5 Å². The van der Waals surface area contributed by atoms with E-state index in [0.29, 0.717) is 38.8 Å². The highest BCUT2D eigenvalue weighted by atomic mass is 19.4. The van der Waals surface area contributed by atoms with Crippen LogP contribution < -0.4 is 0 Å². The van der Waals surface area contributed by atoms with Gasteiger partial charge in [-0.25, -0.2) is 0 Å². The zero-order valence-electron chi connectivity index (χ0n) is 16.7. The van der Waals surface area contributed by atoms with Gasteiger partial charge < -0.3 is 9.80 Å². The van der Waals surface area contributed by atoms with E-state index in [9.17, 15) is 22.8 Å². The average molecular weight is 411 g/mol. The molecule has 0 aromatic heterocycles. The predicted molar refractivity (Wildman–Crippen MR) is 103 cm³/mol. The molecule has 0 bridgehead atoms. The topological polar surface area (TPSA) is 43.9 Å². The molecule has 2 aliphatic rings. The van der Waals surface area contributed by atoms with Crippen LogP contribution in [0.2, 0.25) is 0 Å². The normalized spacial score (nSPS) is 21.3. The smallest absolute Gasteiger partial charge is 0.339 e. The second-order valence-electron chi connectivity index (χ2n) is 7.76. The van der Waals surface area contributed by atoms with Crippen LogP contribution in [0.25, 0.3) is 0 Å². The van der Waals surface area contributed by atoms with Gasteiger partial charge in [0.15, 0.2) is 0 Å². The first-order valence-corrected chi connectivity index (χ1v) is 10.3. The van der Waals surface area contributed by atoms with Crippen LogP contribution in [-0.4, -0.2) is 71.8 Å². The number of carbonyl (C=O) groups is 2. The highest BCUT2D eigenvalue weighted by Crippen LogP contribution is 2.32. The Morgan fingerprint density at radius 1 is 1.03 bits per heavy atom. The van der Waals surface area contributed by atoms with Crippen molar-refractivity contribution < 1.29 is 22.8 Å². The van der Waals surface area contributed by atoms with E-state index >= 15 is 0 Å². The summed E-state index contributed by atoms with van der Waals surface area (Å²) in [5.74, 6) is -0.496. The zero-order chi connectivity index (χ0) is 21.0. The van der Waals surface area contributed by atoms with Gasteiger partial charge in [-0.1, -0.05) is 19.1 Å². The Hall–Kier alpha value is -2.09. The number of carbonyl (C=O) groups excluding carboxylic acids is 2. The van der Waals surface area contributed by atoms with E-state index in [4.69, 9.17) is 0 Å². The summed E-state index contributed by atoms with van der Waals surface area (Å²) < 4.78 is 39.6. The zero-order valence-corrected chi connectivity index (χ0v) is 16.7. The summed E-state index contributed by atoms with van der Waals surface area (Å²) in [5.41, 5.74) is -1.22. The van der Waals surface area contributed by atoms with Crippen molar-refractivity contribution in [1.29, 1.82) is 0 Å². The second-order valence-corrected chi connectivity index (χ2v) is 7.76. The van der Waals surface area contributed by atoms with Gasteiger partial charge >= 0.3 is 6.18 Å². The van der Waals surface area contributed by atoms with E-state index in [1.807, 2.05) is 9.80 Å². The summed E-state index contributed by atoms with van der Waals surface area (Å²) in [5, 5.41) is 0. The molecule has 2 heterocycles. The first-order valence-electron chi connectivity index (χ1n) is 10.3. The van der Waals surface area contributed by atoms with Crippen molar-refractivity contribution in [3.63, 3.8) is 0 Å². The number of likely N-dealkylation sites (tertiary alicyclic amines) is 1. The van der Waals surface area contributed by atoms with E-state index < -0.39 is 17.6 Å². The van der Waals surface area contributed by atoms with Gasteiger partial charge in [0, 0.05) is 38.8 Å². The van der Waals surface area contributed by atoms with Gasteiger partial charge in [-0.2, -0.15) is 13.2 Å². The van der Waals surface area contributed by atoms with Crippen molar-refractivity contribution in [2.75, 3.05) is 39.3 Å². The van der Waals surface area contributed by atoms with Gasteiger partial charge in [0.2, 0.25) is 5.91 Å². The summed E-state index contributed by atoms with van der Waals surface area (Å²) in [4.78, 5) is 30.8.